The minimum absolute atomic E-state index is 0.0306. The number of hydrogen-bond acceptors (Lipinski definition) is 5. The Labute approximate surface area is 292 Å². The van der Waals surface area contributed by atoms with Crippen molar-refractivity contribution in [2.75, 3.05) is 16.1 Å². The minimum atomic E-state index is -1.61. The largest absolute Gasteiger partial charge is 0.400 e. The molecule has 6 nitrogen and oxygen atoms in total. The van der Waals surface area contributed by atoms with E-state index in [2.05, 4.69) is 86.4 Å². The second kappa shape index (κ2) is 14.2. The van der Waals surface area contributed by atoms with Gasteiger partial charge in [0.05, 0.1) is 29.0 Å². The van der Waals surface area contributed by atoms with Gasteiger partial charge in [-0.15, -0.1) is 0 Å². The van der Waals surface area contributed by atoms with Crippen molar-refractivity contribution in [2.45, 2.75) is 45.0 Å². The van der Waals surface area contributed by atoms with Crippen molar-refractivity contribution in [3.8, 4) is 0 Å². The van der Waals surface area contributed by atoms with Gasteiger partial charge in [-0.05, 0) is 64.4 Å². The zero-order valence-electron chi connectivity index (χ0n) is 26.7. The van der Waals surface area contributed by atoms with E-state index in [9.17, 15) is 4.79 Å². The first-order valence-electron chi connectivity index (χ1n) is 15.3. The summed E-state index contributed by atoms with van der Waals surface area (Å²) in [5.41, 5.74) is 3.01. The fourth-order valence-electron chi connectivity index (χ4n) is 5.63. The molecule has 239 valence electrons. The SMILES string of the molecule is CSc1ncc2c(n1)N(c1cccc(C(CC(C)(C)C)O[Si](c3ccccc3)c3ccccc3)c1)C(=O)N(c1ccc(Cl)cc1Cl)C2. The third kappa shape index (κ3) is 7.58. The number of carbonyl (C=O) groups excluding carboxylic acids is 1. The molecule has 0 aliphatic carbocycles. The number of nitrogens with zero attached hydrogens (tertiary/aromatic N) is 4. The summed E-state index contributed by atoms with van der Waals surface area (Å²) in [7, 11) is -1.61. The van der Waals surface area contributed by atoms with Crippen LogP contribution in [0.25, 0.3) is 0 Å². The Balaban J connectivity index is 1.44. The molecule has 47 heavy (non-hydrogen) atoms. The lowest BCUT2D eigenvalue weighted by Crippen LogP contribution is -2.46. The van der Waals surface area contributed by atoms with Gasteiger partial charge >= 0.3 is 6.03 Å². The third-order valence-corrected chi connectivity index (χ3v) is 11.1. The van der Waals surface area contributed by atoms with Gasteiger partial charge in [0.25, 0.3) is 9.04 Å². The van der Waals surface area contributed by atoms with Crippen LogP contribution in [0.15, 0.2) is 114 Å². The number of carbonyl (C=O) groups is 1. The summed E-state index contributed by atoms with van der Waals surface area (Å²) in [6, 6.07) is 33.9. The molecular formula is C37H35Cl2N4O2SSi. The van der Waals surface area contributed by atoms with Crippen molar-refractivity contribution in [1.29, 1.82) is 0 Å². The van der Waals surface area contributed by atoms with Crippen LogP contribution in [0.3, 0.4) is 0 Å². The molecule has 0 bridgehead atoms. The summed E-state index contributed by atoms with van der Waals surface area (Å²) in [5, 5.41) is 3.83. The molecule has 1 radical (unpaired) electrons. The fourth-order valence-corrected chi connectivity index (χ4v) is 8.57. The van der Waals surface area contributed by atoms with Crippen LogP contribution in [-0.4, -0.2) is 31.3 Å². The molecule has 1 aliphatic heterocycles. The number of amides is 2. The molecule has 0 spiro atoms. The molecule has 5 aromatic rings. The molecule has 0 fully saturated rings. The standard InChI is InChI=1S/C37H35Cl2N4O2SSi/c1-37(2,3)22-33(45-47(29-14-7-5-8-15-29)30-16-9-6-10-17-30)25-12-11-13-28(20-25)43-34-26(23-40-35(41-34)46-4)24-42(36(43)44)32-19-18-27(38)21-31(32)39/h5-21,23,33H,22,24H2,1-4H3. The van der Waals surface area contributed by atoms with E-state index in [0.717, 1.165) is 17.5 Å². The highest BCUT2D eigenvalue weighted by molar-refractivity contribution is 7.98. The van der Waals surface area contributed by atoms with Crippen LogP contribution in [0.4, 0.5) is 22.0 Å². The summed E-state index contributed by atoms with van der Waals surface area (Å²) in [5.74, 6) is 0.555. The summed E-state index contributed by atoms with van der Waals surface area (Å²) in [6.45, 7) is 6.95. The number of thioether (sulfide) groups is 1. The third-order valence-electron chi connectivity index (χ3n) is 7.80. The van der Waals surface area contributed by atoms with Crippen molar-refractivity contribution in [3.05, 3.63) is 130 Å². The van der Waals surface area contributed by atoms with E-state index in [4.69, 9.17) is 32.6 Å². The maximum absolute atomic E-state index is 14.5. The van der Waals surface area contributed by atoms with E-state index in [1.807, 2.05) is 30.5 Å². The molecule has 1 aliphatic rings. The zero-order chi connectivity index (χ0) is 33.1. The Morgan fingerprint density at radius 3 is 2.21 bits per heavy atom. The molecule has 2 amide bonds. The number of aromatic nitrogens is 2. The minimum Gasteiger partial charge on any atom is -0.400 e. The number of rotatable bonds is 9. The molecule has 1 atom stereocenters. The highest BCUT2D eigenvalue weighted by Crippen LogP contribution is 2.41. The summed E-state index contributed by atoms with van der Waals surface area (Å²) < 4.78 is 7.21. The Hall–Kier alpha value is -3.66. The van der Waals surface area contributed by atoms with E-state index in [1.54, 1.807) is 34.2 Å². The second-order valence-electron chi connectivity index (χ2n) is 12.5. The maximum Gasteiger partial charge on any atom is 0.335 e. The average Bonchev–Trinajstić information content (AvgIpc) is 3.06. The number of fused-ring (bicyclic) bond motifs is 1. The molecule has 0 saturated heterocycles. The first kappa shape index (κ1) is 33.2. The van der Waals surface area contributed by atoms with Gasteiger partial charge in [0, 0.05) is 16.8 Å². The quantitative estimate of drug-likeness (QED) is 0.0874. The Bertz CT molecular complexity index is 1830. The van der Waals surface area contributed by atoms with Crippen molar-refractivity contribution in [3.63, 3.8) is 0 Å². The van der Waals surface area contributed by atoms with Crippen LogP contribution in [0.2, 0.25) is 10.0 Å². The maximum atomic E-state index is 14.5. The van der Waals surface area contributed by atoms with Crippen LogP contribution in [0.5, 0.6) is 0 Å². The Morgan fingerprint density at radius 2 is 1.60 bits per heavy atom. The normalized spacial score (nSPS) is 14.0. The molecule has 1 unspecified atom stereocenters. The lowest BCUT2D eigenvalue weighted by Gasteiger charge is -2.37. The average molecular weight is 699 g/mol. The van der Waals surface area contributed by atoms with Crippen molar-refractivity contribution < 1.29 is 9.22 Å². The van der Waals surface area contributed by atoms with Crippen LogP contribution >= 0.6 is 35.0 Å². The lowest BCUT2D eigenvalue weighted by atomic mass is 9.87. The highest BCUT2D eigenvalue weighted by atomic mass is 35.5. The van der Waals surface area contributed by atoms with E-state index < -0.39 is 9.04 Å². The van der Waals surface area contributed by atoms with E-state index >= 15 is 0 Å². The number of benzene rings is 4. The van der Waals surface area contributed by atoms with Gasteiger partial charge in [0.2, 0.25) is 0 Å². The zero-order valence-corrected chi connectivity index (χ0v) is 30.0. The predicted octanol–water partition coefficient (Wildman–Crippen LogP) is 9.08. The summed E-state index contributed by atoms with van der Waals surface area (Å²) in [6.07, 6.45) is 4.25. The number of hydrogen-bond donors (Lipinski definition) is 0. The van der Waals surface area contributed by atoms with E-state index in [-0.39, 0.29) is 24.1 Å². The van der Waals surface area contributed by atoms with Crippen molar-refractivity contribution >= 4 is 77.6 Å². The molecule has 0 N–H and O–H groups in total. The van der Waals surface area contributed by atoms with E-state index in [1.165, 1.54) is 22.1 Å². The van der Waals surface area contributed by atoms with Crippen LogP contribution in [0, 0.1) is 5.41 Å². The van der Waals surface area contributed by atoms with Gasteiger partial charge < -0.3 is 4.43 Å². The number of urea groups is 1. The molecule has 2 heterocycles. The van der Waals surface area contributed by atoms with Crippen LogP contribution in [0.1, 0.15) is 44.4 Å². The molecule has 0 saturated carbocycles. The second-order valence-corrected chi connectivity index (χ2v) is 16.2. The van der Waals surface area contributed by atoms with Crippen LogP contribution < -0.4 is 20.2 Å². The summed E-state index contributed by atoms with van der Waals surface area (Å²) in [4.78, 5) is 27.1. The van der Waals surface area contributed by atoms with Gasteiger partial charge in [-0.1, -0.05) is 129 Å². The first-order chi connectivity index (χ1) is 22.6. The van der Waals surface area contributed by atoms with Crippen molar-refractivity contribution in [2.24, 2.45) is 5.41 Å². The molecule has 4 aromatic carbocycles. The lowest BCUT2D eigenvalue weighted by molar-refractivity contribution is 0.150. The molecule has 1 aromatic heterocycles. The smallest absolute Gasteiger partial charge is 0.335 e. The van der Waals surface area contributed by atoms with Gasteiger partial charge in [0.15, 0.2) is 11.0 Å². The van der Waals surface area contributed by atoms with Crippen LogP contribution in [-0.2, 0) is 11.0 Å². The molecular weight excluding hydrogens is 663 g/mol. The van der Waals surface area contributed by atoms with Gasteiger partial charge in [0.1, 0.15) is 0 Å². The first-order valence-corrected chi connectivity index (χ1v) is 18.7. The highest BCUT2D eigenvalue weighted by Gasteiger charge is 2.36. The summed E-state index contributed by atoms with van der Waals surface area (Å²) >= 11 is 14.3. The molecule has 6 rings (SSSR count). The predicted molar refractivity (Wildman–Crippen MR) is 196 cm³/mol. The van der Waals surface area contributed by atoms with Gasteiger partial charge in [-0.2, -0.15) is 0 Å². The Morgan fingerprint density at radius 1 is 0.915 bits per heavy atom. The van der Waals surface area contributed by atoms with Gasteiger partial charge in [-0.3, -0.25) is 4.90 Å². The monoisotopic (exact) mass is 697 g/mol. The Kier molecular flexibility index (Phi) is 10.1. The van der Waals surface area contributed by atoms with Crippen molar-refractivity contribution in [1.82, 2.24) is 9.97 Å². The number of anilines is 3. The topological polar surface area (TPSA) is 58.6 Å². The van der Waals surface area contributed by atoms with Gasteiger partial charge in [-0.25, -0.2) is 19.7 Å². The fraction of sp³-hybridized carbons (Fsp3) is 0.216. The molecule has 10 heteroatoms. The number of halogens is 2. The van der Waals surface area contributed by atoms with E-state index in [0.29, 0.717) is 32.4 Å².